The Balaban J connectivity index is 1.98. The fraction of sp³-hybridized carbons (Fsp3) is 0.312. The van der Waals surface area contributed by atoms with Crippen molar-refractivity contribution in [2.45, 2.75) is 26.8 Å². The molecule has 0 spiro atoms. The molecule has 0 aliphatic rings. The van der Waals surface area contributed by atoms with E-state index in [1.165, 1.54) is 0 Å². The van der Waals surface area contributed by atoms with Crippen LogP contribution in [0.5, 0.6) is 0 Å². The van der Waals surface area contributed by atoms with E-state index in [2.05, 4.69) is 27.5 Å². The molecule has 0 atom stereocenters. The summed E-state index contributed by atoms with van der Waals surface area (Å²) < 4.78 is 0. The molecule has 2 aromatic rings. The molecule has 0 saturated heterocycles. The van der Waals surface area contributed by atoms with Crippen molar-refractivity contribution < 1.29 is 4.79 Å². The summed E-state index contributed by atoms with van der Waals surface area (Å²) in [4.78, 5) is 20.5. The zero-order valence-electron chi connectivity index (χ0n) is 12.4. The van der Waals surface area contributed by atoms with E-state index in [0.29, 0.717) is 12.2 Å². The van der Waals surface area contributed by atoms with Crippen LogP contribution >= 0.6 is 0 Å². The number of nitrogens with zero attached hydrogens (tertiary/aromatic N) is 2. The Bertz CT molecular complexity index is 595. The predicted octanol–water partition coefficient (Wildman–Crippen LogP) is 2.40. The van der Waals surface area contributed by atoms with E-state index < -0.39 is 0 Å². The van der Waals surface area contributed by atoms with E-state index in [4.69, 9.17) is 0 Å². The first-order valence-electron chi connectivity index (χ1n) is 7.15. The maximum absolute atomic E-state index is 12.1. The number of carbonyl (C=O) groups is 1. The quantitative estimate of drug-likeness (QED) is 0.855. The normalized spacial score (nSPS) is 10.2. The number of aryl methyl sites for hydroxylation is 1. The van der Waals surface area contributed by atoms with Gasteiger partial charge in [-0.25, -0.2) is 4.98 Å². The van der Waals surface area contributed by atoms with Gasteiger partial charge in [0, 0.05) is 12.7 Å². The third-order valence-electron chi connectivity index (χ3n) is 3.16. The minimum atomic E-state index is -0.189. The molecule has 0 radical (unpaired) electrons. The number of hydrogen-bond acceptors (Lipinski definition) is 4. The zero-order chi connectivity index (χ0) is 15.1. The Hall–Kier alpha value is -2.43. The first kappa shape index (κ1) is 15.0. The average Bonchev–Trinajstić information content (AvgIpc) is 2.54. The van der Waals surface area contributed by atoms with Crippen LogP contribution < -0.4 is 10.6 Å². The average molecular weight is 284 g/mol. The fourth-order valence-corrected chi connectivity index (χ4v) is 2.04. The molecule has 0 fully saturated rings. The molecule has 2 heterocycles. The number of pyridine rings is 2. The summed E-state index contributed by atoms with van der Waals surface area (Å²) in [5, 5.41) is 6.00. The second-order valence-electron chi connectivity index (χ2n) is 4.61. The van der Waals surface area contributed by atoms with Crippen LogP contribution in [0, 0.1) is 0 Å². The van der Waals surface area contributed by atoms with Gasteiger partial charge in [0.05, 0.1) is 24.1 Å². The molecule has 0 aliphatic carbocycles. The van der Waals surface area contributed by atoms with E-state index in [1.54, 1.807) is 18.5 Å². The molecule has 1 amide bonds. The standard InChI is InChI=1S/C16H20N4O/c1-3-12-6-5-9-18-15(12)11-20-16(21)14-8-7-13(10-19-14)17-4-2/h5-10,17H,3-4,11H2,1-2H3,(H,20,21). The van der Waals surface area contributed by atoms with Gasteiger partial charge in [0.1, 0.15) is 5.69 Å². The largest absolute Gasteiger partial charge is 0.384 e. The number of aromatic nitrogens is 2. The van der Waals surface area contributed by atoms with Crippen molar-refractivity contribution in [1.29, 1.82) is 0 Å². The Morgan fingerprint density at radius 3 is 2.71 bits per heavy atom. The number of nitrogens with one attached hydrogen (secondary N) is 2. The molecule has 2 aromatic heterocycles. The van der Waals surface area contributed by atoms with E-state index >= 15 is 0 Å². The summed E-state index contributed by atoms with van der Waals surface area (Å²) in [6.45, 7) is 5.33. The lowest BCUT2D eigenvalue weighted by Crippen LogP contribution is -2.24. The highest BCUT2D eigenvalue weighted by atomic mass is 16.1. The van der Waals surface area contributed by atoms with E-state index in [9.17, 15) is 4.79 Å². The summed E-state index contributed by atoms with van der Waals surface area (Å²) in [5.74, 6) is -0.189. The molecule has 21 heavy (non-hydrogen) atoms. The number of hydrogen-bond donors (Lipinski definition) is 2. The molecular formula is C16H20N4O. The second-order valence-corrected chi connectivity index (χ2v) is 4.61. The molecule has 2 rings (SSSR count). The van der Waals surface area contributed by atoms with Crippen molar-refractivity contribution in [1.82, 2.24) is 15.3 Å². The van der Waals surface area contributed by atoms with Crippen LogP contribution in [0.3, 0.4) is 0 Å². The lowest BCUT2D eigenvalue weighted by Gasteiger charge is -2.08. The monoisotopic (exact) mass is 284 g/mol. The molecule has 0 aromatic carbocycles. The molecule has 5 nitrogen and oxygen atoms in total. The van der Waals surface area contributed by atoms with Gasteiger partial charge in [0.15, 0.2) is 0 Å². The highest BCUT2D eigenvalue weighted by Gasteiger charge is 2.08. The van der Waals surface area contributed by atoms with Crippen LogP contribution in [-0.2, 0) is 13.0 Å². The first-order valence-corrected chi connectivity index (χ1v) is 7.15. The van der Waals surface area contributed by atoms with Crippen molar-refractivity contribution in [3.8, 4) is 0 Å². The van der Waals surface area contributed by atoms with Gasteiger partial charge in [-0.15, -0.1) is 0 Å². The zero-order valence-corrected chi connectivity index (χ0v) is 12.4. The van der Waals surface area contributed by atoms with E-state index in [0.717, 1.165) is 29.9 Å². The van der Waals surface area contributed by atoms with Gasteiger partial charge >= 0.3 is 0 Å². The maximum atomic E-state index is 12.1. The minimum absolute atomic E-state index is 0.189. The Morgan fingerprint density at radius 2 is 2.05 bits per heavy atom. The Labute approximate surface area is 124 Å². The van der Waals surface area contributed by atoms with Crippen LogP contribution in [0.1, 0.15) is 35.6 Å². The van der Waals surface area contributed by atoms with Gasteiger partial charge in [-0.05, 0) is 37.1 Å². The van der Waals surface area contributed by atoms with Crippen LogP contribution in [0.2, 0.25) is 0 Å². The van der Waals surface area contributed by atoms with Crippen LogP contribution in [0.25, 0.3) is 0 Å². The number of rotatable bonds is 6. The summed E-state index contributed by atoms with van der Waals surface area (Å²) >= 11 is 0. The van der Waals surface area contributed by atoms with Crippen molar-refractivity contribution in [3.63, 3.8) is 0 Å². The highest BCUT2D eigenvalue weighted by molar-refractivity contribution is 5.92. The molecule has 0 bridgehead atoms. The van der Waals surface area contributed by atoms with Gasteiger partial charge in [0.2, 0.25) is 0 Å². The van der Waals surface area contributed by atoms with Crippen molar-refractivity contribution >= 4 is 11.6 Å². The third kappa shape index (κ3) is 4.02. The third-order valence-corrected chi connectivity index (χ3v) is 3.16. The van der Waals surface area contributed by atoms with Gasteiger partial charge in [-0.1, -0.05) is 13.0 Å². The molecule has 0 aliphatic heterocycles. The van der Waals surface area contributed by atoms with E-state index in [-0.39, 0.29) is 5.91 Å². The predicted molar refractivity (Wildman–Crippen MR) is 83.2 cm³/mol. The van der Waals surface area contributed by atoms with Crippen molar-refractivity contribution in [2.75, 3.05) is 11.9 Å². The first-order chi connectivity index (χ1) is 10.2. The second kappa shape index (κ2) is 7.38. The summed E-state index contributed by atoms with van der Waals surface area (Å²) in [6.07, 6.45) is 4.30. The molecule has 0 unspecified atom stereocenters. The van der Waals surface area contributed by atoms with Crippen molar-refractivity contribution in [3.05, 3.63) is 53.6 Å². The lowest BCUT2D eigenvalue weighted by molar-refractivity contribution is 0.0945. The number of anilines is 1. The minimum Gasteiger partial charge on any atom is -0.384 e. The van der Waals surface area contributed by atoms with Crippen LogP contribution in [-0.4, -0.2) is 22.4 Å². The van der Waals surface area contributed by atoms with Gasteiger partial charge < -0.3 is 10.6 Å². The van der Waals surface area contributed by atoms with Crippen LogP contribution in [0.15, 0.2) is 36.7 Å². The smallest absolute Gasteiger partial charge is 0.270 e. The summed E-state index contributed by atoms with van der Waals surface area (Å²) in [5.41, 5.74) is 3.36. The topological polar surface area (TPSA) is 66.9 Å². The molecular weight excluding hydrogens is 264 g/mol. The Kier molecular flexibility index (Phi) is 5.26. The fourth-order valence-electron chi connectivity index (χ4n) is 2.04. The summed E-state index contributed by atoms with van der Waals surface area (Å²) in [7, 11) is 0. The van der Waals surface area contributed by atoms with Crippen LogP contribution in [0.4, 0.5) is 5.69 Å². The molecule has 2 N–H and O–H groups in total. The van der Waals surface area contributed by atoms with Crippen molar-refractivity contribution in [2.24, 2.45) is 0 Å². The van der Waals surface area contributed by atoms with Gasteiger partial charge in [-0.3, -0.25) is 9.78 Å². The Morgan fingerprint density at radius 1 is 1.19 bits per heavy atom. The number of amides is 1. The molecule has 5 heteroatoms. The molecule has 0 saturated carbocycles. The molecule has 110 valence electrons. The maximum Gasteiger partial charge on any atom is 0.270 e. The SMILES string of the molecule is CCNc1ccc(C(=O)NCc2ncccc2CC)nc1. The van der Waals surface area contributed by atoms with Gasteiger partial charge in [-0.2, -0.15) is 0 Å². The van der Waals surface area contributed by atoms with Gasteiger partial charge in [0.25, 0.3) is 5.91 Å². The lowest BCUT2D eigenvalue weighted by atomic mass is 10.1. The van der Waals surface area contributed by atoms with E-state index in [1.807, 2.05) is 25.1 Å². The summed E-state index contributed by atoms with van der Waals surface area (Å²) in [6, 6.07) is 7.50. The highest BCUT2D eigenvalue weighted by Crippen LogP contribution is 2.08. The number of carbonyl (C=O) groups excluding carboxylic acids is 1.